The smallest absolute Gasteiger partial charge is 0.325 e. The highest BCUT2D eigenvalue weighted by Crippen LogP contribution is 2.14. The van der Waals surface area contributed by atoms with Crippen LogP contribution in [-0.4, -0.2) is 54.0 Å². The van der Waals surface area contributed by atoms with Gasteiger partial charge in [-0.05, 0) is 19.3 Å². The summed E-state index contributed by atoms with van der Waals surface area (Å²) in [6.45, 7) is 10.3. The molecule has 0 aliphatic rings. The molecule has 24 heavy (non-hydrogen) atoms. The van der Waals surface area contributed by atoms with Crippen LogP contribution >= 0.6 is 0 Å². The highest BCUT2D eigenvalue weighted by atomic mass is 16.6. The molecule has 0 aliphatic carbocycles. The van der Waals surface area contributed by atoms with E-state index in [1.54, 1.807) is 27.7 Å². The van der Waals surface area contributed by atoms with E-state index in [0.29, 0.717) is 6.42 Å². The number of aliphatic hydroxyl groups is 1. The van der Waals surface area contributed by atoms with Gasteiger partial charge in [0.1, 0.15) is 12.6 Å². The van der Waals surface area contributed by atoms with Gasteiger partial charge >= 0.3 is 5.97 Å². The van der Waals surface area contributed by atoms with E-state index in [-0.39, 0.29) is 19.1 Å². The number of nitrogens with zero attached hydrogens (tertiary/aromatic N) is 1. The van der Waals surface area contributed by atoms with E-state index in [0.717, 1.165) is 0 Å². The SMILES string of the molecule is CCOC(=O)CNC(=O)C(O)[C@H](CC(C)C)N=C([O-])OC(C)(C)C. The van der Waals surface area contributed by atoms with Crippen LogP contribution in [0.5, 0.6) is 0 Å². The summed E-state index contributed by atoms with van der Waals surface area (Å²) in [5.41, 5.74) is -0.722. The Labute approximate surface area is 143 Å². The fraction of sp³-hybridized carbons (Fsp3) is 0.812. The van der Waals surface area contributed by atoms with Gasteiger partial charge in [0.25, 0.3) is 5.91 Å². The number of aliphatic hydroxyl groups excluding tert-OH is 1. The van der Waals surface area contributed by atoms with Gasteiger partial charge in [-0.25, -0.2) is 0 Å². The van der Waals surface area contributed by atoms with Crippen molar-refractivity contribution in [2.45, 2.75) is 65.7 Å². The molecule has 0 bridgehead atoms. The van der Waals surface area contributed by atoms with Gasteiger partial charge in [-0.1, -0.05) is 34.6 Å². The minimum absolute atomic E-state index is 0.0914. The Morgan fingerprint density at radius 3 is 2.33 bits per heavy atom. The molecule has 2 N–H and O–H groups in total. The molecule has 0 radical (unpaired) electrons. The van der Waals surface area contributed by atoms with Crippen LogP contribution in [0.25, 0.3) is 0 Å². The maximum Gasteiger partial charge on any atom is 0.325 e. The van der Waals surface area contributed by atoms with Gasteiger partial charge < -0.3 is 25.0 Å². The number of hydrogen-bond acceptors (Lipinski definition) is 7. The van der Waals surface area contributed by atoms with Crippen molar-refractivity contribution in [3.63, 3.8) is 0 Å². The number of rotatable bonds is 8. The number of hydrogen-bond donors (Lipinski definition) is 2. The van der Waals surface area contributed by atoms with Crippen LogP contribution in [0.1, 0.15) is 48.0 Å². The fourth-order valence-electron chi connectivity index (χ4n) is 1.81. The molecule has 0 saturated heterocycles. The van der Waals surface area contributed by atoms with E-state index >= 15 is 0 Å². The van der Waals surface area contributed by atoms with Crippen LogP contribution < -0.4 is 10.4 Å². The molecule has 0 aromatic rings. The van der Waals surface area contributed by atoms with Crippen LogP contribution in [0.3, 0.4) is 0 Å². The molecule has 8 nitrogen and oxygen atoms in total. The summed E-state index contributed by atoms with van der Waals surface area (Å²) in [5, 5.41) is 24.2. The summed E-state index contributed by atoms with van der Waals surface area (Å²) in [7, 11) is 0. The maximum atomic E-state index is 12.0. The van der Waals surface area contributed by atoms with Crippen molar-refractivity contribution >= 4 is 18.0 Å². The zero-order chi connectivity index (χ0) is 18.9. The zero-order valence-electron chi connectivity index (χ0n) is 15.3. The normalized spacial score (nSPS) is 14.9. The predicted molar refractivity (Wildman–Crippen MR) is 87.2 cm³/mol. The average molecular weight is 345 g/mol. The molecule has 0 aromatic carbocycles. The van der Waals surface area contributed by atoms with Crippen LogP contribution in [0.15, 0.2) is 4.99 Å². The summed E-state index contributed by atoms with van der Waals surface area (Å²) in [5.74, 6) is -1.31. The van der Waals surface area contributed by atoms with Crippen LogP contribution in [0.4, 0.5) is 0 Å². The Morgan fingerprint density at radius 2 is 1.88 bits per heavy atom. The summed E-state index contributed by atoms with van der Waals surface area (Å²) in [6, 6.07) is -0.956. The van der Waals surface area contributed by atoms with Crippen molar-refractivity contribution in [2.24, 2.45) is 10.9 Å². The highest BCUT2D eigenvalue weighted by Gasteiger charge is 2.27. The van der Waals surface area contributed by atoms with Crippen molar-refractivity contribution in [1.29, 1.82) is 0 Å². The second kappa shape index (κ2) is 10.1. The first-order valence-electron chi connectivity index (χ1n) is 8.01. The number of ether oxygens (including phenoxy) is 2. The number of carbonyl (C=O) groups excluding carboxylic acids is 2. The van der Waals surface area contributed by atoms with Gasteiger partial charge in [0, 0.05) is 5.60 Å². The molecule has 0 spiro atoms. The zero-order valence-corrected chi connectivity index (χ0v) is 15.3. The first kappa shape index (κ1) is 22.2. The summed E-state index contributed by atoms with van der Waals surface area (Å²) in [6.07, 6.45) is -2.09. The summed E-state index contributed by atoms with van der Waals surface area (Å²) in [4.78, 5) is 27.0. The van der Waals surface area contributed by atoms with E-state index in [2.05, 4.69) is 15.0 Å². The standard InChI is InChI=1S/C16H30N2O6/c1-7-23-12(19)9-17-14(21)13(20)11(8-10(2)3)18-15(22)24-16(4,5)6/h10-11,13,20H,7-9H2,1-6H3,(H,17,21)(H,18,22)/p-1/t11-,13?/m0/s1. The minimum atomic E-state index is -1.56. The lowest BCUT2D eigenvalue weighted by Gasteiger charge is -2.31. The predicted octanol–water partition coefficient (Wildman–Crippen LogP) is -0.0273. The molecule has 2 atom stereocenters. The second-order valence-corrected chi connectivity index (χ2v) is 6.77. The lowest BCUT2D eigenvalue weighted by Crippen LogP contribution is -2.45. The molecule has 0 saturated carbocycles. The van der Waals surface area contributed by atoms with Gasteiger partial charge in [0.15, 0.2) is 6.10 Å². The number of nitrogens with one attached hydrogen (secondary N) is 1. The lowest BCUT2D eigenvalue weighted by atomic mass is 9.99. The third kappa shape index (κ3) is 10.0. The molecule has 0 fully saturated rings. The Hall–Kier alpha value is -1.83. The van der Waals surface area contributed by atoms with Crippen molar-refractivity contribution in [3.05, 3.63) is 0 Å². The first-order valence-corrected chi connectivity index (χ1v) is 8.01. The molecule has 1 unspecified atom stereocenters. The molecule has 1 amide bonds. The van der Waals surface area contributed by atoms with Crippen LogP contribution in [0.2, 0.25) is 0 Å². The van der Waals surface area contributed by atoms with Crippen LogP contribution in [-0.2, 0) is 19.1 Å². The quantitative estimate of drug-likeness (QED) is 0.362. The van der Waals surface area contributed by atoms with Gasteiger partial charge in [-0.2, -0.15) is 0 Å². The van der Waals surface area contributed by atoms with E-state index in [9.17, 15) is 19.8 Å². The van der Waals surface area contributed by atoms with Crippen molar-refractivity contribution in [3.8, 4) is 0 Å². The van der Waals surface area contributed by atoms with Gasteiger partial charge in [-0.15, -0.1) is 0 Å². The monoisotopic (exact) mass is 345 g/mol. The third-order valence-electron chi connectivity index (χ3n) is 2.72. The third-order valence-corrected chi connectivity index (χ3v) is 2.72. The molecule has 0 aliphatic heterocycles. The Kier molecular flexibility index (Phi) is 9.35. The van der Waals surface area contributed by atoms with Crippen molar-refractivity contribution < 1.29 is 29.3 Å². The number of amides is 1. The van der Waals surface area contributed by atoms with E-state index in [4.69, 9.17) is 4.74 Å². The minimum Gasteiger partial charge on any atom is -0.595 e. The Morgan fingerprint density at radius 1 is 1.29 bits per heavy atom. The molecule has 8 heteroatoms. The number of carbonyl (C=O) groups is 2. The summed E-state index contributed by atoms with van der Waals surface area (Å²) >= 11 is 0. The Balaban J connectivity index is 4.93. The first-order chi connectivity index (χ1) is 11.0. The van der Waals surface area contributed by atoms with E-state index in [1.165, 1.54) is 0 Å². The fourth-order valence-corrected chi connectivity index (χ4v) is 1.81. The van der Waals surface area contributed by atoms with Gasteiger partial charge in [-0.3, -0.25) is 14.6 Å². The van der Waals surface area contributed by atoms with Crippen LogP contribution in [0, 0.1) is 5.92 Å². The number of aliphatic imine (C=N–C) groups is 1. The average Bonchev–Trinajstić information content (AvgIpc) is 2.41. The van der Waals surface area contributed by atoms with E-state index in [1.807, 2.05) is 13.8 Å². The van der Waals surface area contributed by atoms with Crippen molar-refractivity contribution in [1.82, 2.24) is 5.32 Å². The van der Waals surface area contributed by atoms with Crippen molar-refractivity contribution in [2.75, 3.05) is 13.2 Å². The molecule has 0 rings (SSSR count). The maximum absolute atomic E-state index is 12.0. The van der Waals surface area contributed by atoms with Gasteiger partial charge in [0.05, 0.1) is 12.6 Å². The van der Waals surface area contributed by atoms with E-state index < -0.39 is 35.7 Å². The molecular weight excluding hydrogens is 316 g/mol. The highest BCUT2D eigenvalue weighted by molar-refractivity contribution is 5.85. The Bertz CT molecular complexity index is 442. The largest absolute Gasteiger partial charge is 0.595 e. The molecular formula is C16H29N2O6-. The lowest BCUT2D eigenvalue weighted by molar-refractivity contribution is -0.261. The molecule has 0 aromatic heterocycles. The second-order valence-electron chi connectivity index (χ2n) is 6.77. The molecule has 140 valence electrons. The number of esters is 1. The topological polar surface area (TPSA) is 120 Å². The molecule has 0 heterocycles. The summed E-state index contributed by atoms with van der Waals surface area (Å²) < 4.78 is 9.77. The van der Waals surface area contributed by atoms with Gasteiger partial charge in [0.2, 0.25) is 0 Å².